The molecule has 2 unspecified atom stereocenters. The molecule has 0 amide bonds. The molecule has 2 aromatic rings. The minimum absolute atomic E-state index is 0.247. The predicted octanol–water partition coefficient (Wildman–Crippen LogP) is -0.796. The summed E-state index contributed by atoms with van der Waals surface area (Å²) >= 11 is 0. The van der Waals surface area contributed by atoms with Crippen molar-refractivity contribution in [2.24, 2.45) is 5.92 Å². The molecule has 4 rings (SSSR count). The number of carbonyl (C=O) groups excluding carboxylic acids is 2. The molecule has 1 saturated carbocycles. The van der Waals surface area contributed by atoms with Crippen molar-refractivity contribution < 1.29 is 49.3 Å². The van der Waals surface area contributed by atoms with Crippen LogP contribution in [-0.2, 0) is 14.3 Å². The van der Waals surface area contributed by atoms with E-state index in [4.69, 9.17) is 14.2 Å². The normalized spacial score (nSPS) is 36.6. The van der Waals surface area contributed by atoms with Crippen LogP contribution in [0.4, 0.5) is 0 Å². The largest absolute Gasteiger partial charge is 0.486 e. The second-order valence-corrected chi connectivity index (χ2v) is 8.54. The van der Waals surface area contributed by atoms with Crippen molar-refractivity contribution in [2.75, 3.05) is 13.2 Å². The van der Waals surface area contributed by atoms with E-state index in [1.807, 2.05) is 0 Å². The zero-order chi connectivity index (χ0) is 24.7. The topological polar surface area (TPSA) is 163 Å². The average molecular weight is 474 g/mol. The lowest BCUT2D eigenvalue weighted by Crippen LogP contribution is -2.93. The maximum atomic E-state index is 13.3. The van der Waals surface area contributed by atoms with Gasteiger partial charge in [0.15, 0.2) is 11.9 Å². The Labute approximate surface area is 194 Å². The van der Waals surface area contributed by atoms with Gasteiger partial charge in [-0.1, -0.05) is 43.3 Å². The van der Waals surface area contributed by atoms with Gasteiger partial charge in [-0.15, -0.1) is 0 Å². The molecule has 1 aliphatic heterocycles. The number of fused-ring (bicyclic) bond motifs is 1. The summed E-state index contributed by atoms with van der Waals surface area (Å²) in [7, 11) is 0. The van der Waals surface area contributed by atoms with Gasteiger partial charge in [-0.2, -0.15) is 0 Å². The standard InChI is InChI=1S/C24H26O10/c1-14-19(27)20-22(14,29)24(31,18(26)13-33-16-10-6-3-7-11-16)23(30,21(28)34-20)17(25)12-32-15-8-4-2-5-9-15/h2-11,14,19-21,27-31H,12-13H2,1H3/t14?,19?,20-,21-,22-,23+,24+/m1/s1. The number of Topliss-reactive ketones (excluding diaryl/α,β-unsaturated/α-hetero) is 2. The zero-order valence-electron chi connectivity index (χ0n) is 18.3. The Morgan fingerprint density at radius 1 is 0.853 bits per heavy atom. The first kappa shape index (κ1) is 24.3. The maximum Gasteiger partial charge on any atom is 0.216 e. The van der Waals surface area contributed by atoms with Gasteiger partial charge in [0, 0.05) is 5.92 Å². The molecule has 7 atom stereocenters. The summed E-state index contributed by atoms with van der Waals surface area (Å²) in [5.74, 6) is -3.32. The molecule has 1 aliphatic carbocycles. The first-order chi connectivity index (χ1) is 16.1. The highest BCUT2D eigenvalue weighted by atomic mass is 16.7. The van der Waals surface area contributed by atoms with Crippen LogP contribution in [0.5, 0.6) is 11.5 Å². The molecule has 10 heteroatoms. The molecule has 34 heavy (non-hydrogen) atoms. The molecular weight excluding hydrogens is 448 g/mol. The molecule has 182 valence electrons. The molecule has 1 heterocycles. The van der Waals surface area contributed by atoms with Gasteiger partial charge in [-0.3, -0.25) is 9.59 Å². The fourth-order valence-electron chi connectivity index (χ4n) is 4.69. The Hall–Kier alpha value is -2.86. The van der Waals surface area contributed by atoms with Crippen molar-refractivity contribution in [3.63, 3.8) is 0 Å². The molecule has 0 spiro atoms. The van der Waals surface area contributed by atoms with Gasteiger partial charge in [-0.25, -0.2) is 0 Å². The first-order valence-electron chi connectivity index (χ1n) is 10.7. The second kappa shape index (κ2) is 8.73. The summed E-state index contributed by atoms with van der Waals surface area (Å²) in [6.07, 6.45) is -5.49. The van der Waals surface area contributed by atoms with Gasteiger partial charge < -0.3 is 39.7 Å². The molecule has 0 aromatic heterocycles. The van der Waals surface area contributed by atoms with Crippen molar-refractivity contribution in [3.8, 4) is 11.5 Å². The van der Waals surface area contributed by atoms with E-state index in [2.05, 4.69) is 0 Å². The van der Waals surface area contributed by atoms with Gasteiger partial charge in [0.1, 0.15) is 36.4 Å². The predicted molar refractivity (Wildman–Crippen MR) is 115 cm³/mol. The highest BCUT2D eigenvalue weighted by Crippen LogP contribution is 2.56. The van der Waals surface area contributed by atoms with Crippen LogP contribution in [0, 0.1) is 5.92 Å². The molecular formula is C24H26O10. The van der Waals surface area contributed by atoms with Crippen LogP contribution < -0.4 is 9.47 Å². The van der Waals surface area contributed by atoms with Crippen molar-refractivity contribution in [3.05, 3.63) is 60.7 Å². The van der Waals surface area contributed by atoms with E-state index in [-0.39, 0.29) is 11.5 Å². The van der Waals surface area contributed by atoms with Crippen LogP contribution >= 0.6 is 0 Å². The van der Waals surface area contributed by atoms with E-state index in [9.17, 15) is 35.1 Å². The SMILES string of the molecule is CC1C(O)[C@H]2O[C@@H](O)[C@@](O)(C(=O)COc3ccccc3)[C@](O)(C(=O)COc3ccccc3)[C@@]12O. The molecule has 1 saturated heterocycles. The fourth-order valence-corrected chi connectivity index (χ4v) is 4.69. The zero-order valence-corrected chi connectivity index (χ0v) is 18.3. The summed E-state index contributed by atoms with van der Waals surface area (Å²) in [4.78, 5) is 26.5. The molecule has 5 N–H and O–H groups in total. The lowest BCUT2D eigenvalue weighted by molar-refractivity contribution is -0.428. The third-order valence-corrected chi connectivity index (χ3v) is 6.77. The van der Waals surface area contributed by atoms with Crippen molar-refractivity contribution in [1.29, 1.82) is 0 Å². The number of rotatable bonds is 8. The van der Waals surface area contributed by atoms with Crippen LogP contribution in [0.3, 0.4) is 0 Å². The second-order valence-electron chi connectivity index (χ2n) is 8.54. The maximum absolute atomic E-state index is 13.3. The molecule has 0 bridgehead atoms. The first-order valence-corrected chi connectivity index (χ1v) is 10.7. The molecule has 10 nitrogen and oxygen atoms in total. The highest BCUT2D eigenvalue weighted by molar-refractivity contribution is 6.02. The molecule has 2 fully saturated rings. The van der Waals surface area contributed by atoms with E-state index in [0.29, 0.717) is 0 Å². The number of ether oxygens (including phenoxy) is 3. The van der Waals surface area contributed by atoms with Gasteiger partial charge in [0.2, 0.25) is 17.2 Å². The van der Waals surface area contributed by atoms with Crippen LogP contribution in [0.25, 0.3) is 0 Å². The lowest BCUT2D eigenvalue weighted by atomic mass is 9.49. The summed E-state index contributed by atoms with van der Waals surface area (Å²) in [5, 5.41) is 55.2. The number of ketones is 2. The van der Waals surface area contributed by atoms with Crippen molar-refractivity contribution in [2.45, 2.75) is 42.2 Å². The van der Waals surface area contributed by atoms with Gasteiger partial charge >= 0.3 is 0 Å². The Kier molecular flexibility index (Phi) is 6.23. The number of carbonyl (C=O) groups is 2. The number of para-hydroxylation sites is 2. The van der Waals surface area contributed by atoms with E-state index in [0.717, 1.165) is 0 Å². The summed E-state index contributed by atoms with van der Waals surface area (Å²) in [5.41, 5.74) is -9.24. The molecule has 2 aromatic carbocycles. The van der Waals surface area contributed by atoms with E-state index >= 15 is 0 Å². The van der Waals surface area contributed by atoms with Crippen LogP contribution in [-0.4, -0.2) is 85.6 Å². The summed E-state index contributed by atoms with van der Waals surface area (Å²) in [6.45, 7) is -0.419. The quantitative estimate of drug-likeness (QED) is 0.327. The smallest absolute Gasteiger partial charge is 0.216 e. The number of hydrogen-bond donors (Lipinski definition) is 5. The van der Waals surface area contributed by atoms with Gasteiger partial charge in [0.05, 0.1) is 6.10 Å². The Morgan fingerprint density at radius 3 is 1.82 bits per heavy atom. The number of hydrogen-bond acceptors (Lipinski definition) is 10. The van der Waals surface area contributed by atoms with Gasteiger partial charge in [0.25, 0.3) is 0 Å². The van der Waals surface area contributed by atoms with Crippen molar-refractivity contribution in [1.82, 2.24) is 0 Å². The lowest BCUT2D eigenvalue weighted by Gasteiger charge is -2.66. The number of aliphatic hydroxyl groups is 5. The third-order valence-electron chi connectivity index (χ3n) is 6.77. The fraction of sp³-hybridized carbons (Fsp3) is 0.417. The van der Waals surface area contributed by atoms with Crippen LogP contribution in [0.1, 0.15) is 6.92 Å². The summed E-state index contributed by atoms with van der Waals surface area (Å²) in [6, 6.07) is 16.1. The molecule has 0 radical (unpaired) electrons. The van der Waals surface area contributed by atoms with Gasteiger partial charge in [-0.05, 0) is 24.3 Å². The Bertz CT molecular complexity index is 1050. The molecule has 2 aliphatic rings. The van der Waals surface area contributed by atoms with Crippen LogP contribution in [0.2, 0.25) is 0 Å². The summed E-state index contributed by atoms with van der Waals surface area (Å²) < 4.78 is 15.9. The van der Waals surface area contributed by atoms with E-state index in [1.54, 1.807) is 36.4 Å². The number of aliphatic hydroxyl groups excluding tert-OH is 2. The average Bonchev–Trinajstić information content (AvgIpc) is 2.87. The third kappa shape index (κ3) is 3.34. The Morgan fingerprint density at radius 2 is 1.32 bits per heavy atom. The Balaban J connectivity index is 1.68. The van der Waals surface area contributed by atoms with Crippen molar-refractivity contribution >= 4 is 11.6 Å². The minimum atomic E-state index is -3.33. The van der Waals surface area contributed by atoms with E-state index in [1.165, 1.54) is 31.2 Å². The number of benzene rings is 2. The minimum Gasteiger partial charge on any atom is -0.486 e. The monoisotopic (exact) mass is 474 g/mol. The van der Waals surface area contributed by atoms with Crippen LogP contribution in [0.15, 0.2) is 60.7 Å². The van der Waals surface area contributed by atoms with E-state index < -0.39 is 66.0 Å². The highest BCUT2D eigenvalue weighted by Gasteiger charge is 2.84.